The highest BCUT2D eigenvalue weighted by Gasteiger charge is 2.23. The van der Waals surface area contributed by atoms with Crippen LogP contribution in [0.5, 0.6) is 0 Å². The van der Waals surface area contributed by atoms with Crippen molar-refractivity contribution in [2.45, 2.75) is 32.5 Å². The number of nitrogens with two attached hydrogens (primary N) is 1. The maximum atomic E-state index is 14.2. The Bertz CT molecular complexity index is 465. The highest BCUT2D eigenvalue weighted by Crippen LogP contribution is 2.16. The molecule has 2 rings (SSSR count). The van der Waals surface area contributed by atoms with Gasteiger partial charge in [-0.2, -0.15) is 0 Å². The third-order valence-electron chi connectivity index (χ3n) is 3.85. The molecule has 1 aromatic rings. The second kappa shape index (κ2) is 6.83. The summed E-state index contributed by atoms with van der Waals surface area (Å²) in [5, 5.41) is 9.85. The molecule has 1 saturated heterocycles. The van der Waals surface area contributed by atoms with Gasteiger partial charge < -0.3 is 10.8 Å². The summed E-state index contributed by atoms with van der Waals surface area (Å²) in [5.74, 6) is -0.168. The molecule has 5 heteroatoms. The van der Waals surface area contributed by atoms with Crippen molar-refractivity contribution in [3.8, 4) is 0 Å². The molecular weight excluding hydrogens is 269 g/mol. The van der Waals surface area contributed by atoms with Gasteiger partial charge in [-0.3, -0.25) is 9.80 Å². The van der Waals surface area contributed by atoms with Gasteiger partial charge in [0, 0.05) is 56.9 Å². The van der Waals surface area contributed by atoms with Gasteiger partial charge in [-0.25, -0.2) is 4.39 Å². The molecule has 0 atom stereocenters. The molecule has 1 aliphatic heterocycles. The Morgan fingerprint density at radius 1 is 1.14 bits per heavy atom. The second-order valence-electron chi connectivity index (χ2n) is 6.46. The molecule has 0 aliphatic carbocycles. The number of rotatable bonds is 5. The maximum Gasteiger partial charge on any atom is 0.132 e. The van der Waals surface area contributed by atoms with Gasteiger partial charge in [0.15, 0.2) is 0 Å². The Morgan fingerprint density at radius 3 is 2.29 bits per heavy atom. The molecule has 1 aromatic carbocycles. The summed E-state index contributed by atoms with van der Waals surface area (Å²) in [6.45, 7) is 8.78. The smallest absolute Gasteiger partial charge is 0.132 e. The van der Waals surface area contributed by atoms with Crippen LogP contribution in [0.25, 0.3) is 0 Å². The van der Waals surface area contributed by atoms with E-state index >= 15 is 0 Å². The molecule has 118 valence electrons. The van der Waals surface area contributed by atoms with Crippen LogP contribution in [0.4, 0.5) is 4.39 Å². The number of piperazine rings is 1. The van der Waals surface area contributed by atoms with Gasteiger partial charge in [0.05, 0.1) is 5.60 Å². The minimum atomic E-state index is -0.663. The van der Waals surface area contributed by atoms with E-state index in [-0.39, 0.29) is 12.4 Å². The standard InChI is InChI=1S/C16H26FN3O/c1-16(2,21)12-20-8-6-19(7-9-20)11-14-5-3-4-13(10-18)15(14)17/h3-5,21H,6-12,18H2,1-2H3. The molecule has 0 amide bonds. The molecule has 1 aliphatic rings. The van der Waals surface area contributed by atoms with Gasteiger partial charge in [0.25, 0.3) is 0 Å². The molecule has 1 heterocycles. The first kappa shape index (κ1) is 16.4. The van der Waals surface area contributed by atoms with Crippen molar-refractivity contribution >= 4 is 0 Å². The third-order valence-corrected chi connectivity index (χ3v) is 3.85. The third kappa shape index (κ3) is 4.74. The van der Waals surface area contributed by atoms with E-state index in [9.17, 15) is 9.50 Å². The van der Waals surface area contributed by atoms with Gasteiger partial charge in [-0.1, -0.05) is 18.2 Å². The molecule has 1 fully saturated rings. The summed E-state index contributed by atoms with van der Waals surface area (Å²) >= 11 is 0. The van der Waals surface area contributed by atoms with E-state index in [0.717, 1.165) is 26.2 Å². The van der Waals surface area contributed by atoms with Crippen LogP contribution in [0.15, 0.2) is 18.2 Å². The predicted molar refractivity (Wildman–Crippen MR) is 82.3 cm³/mol. The van der Waals surface area contributed by atoms with E-state index in [1.165, 1.54) is 0 Å². The summed E-state index contributed by atoms with van der Waals surface area (Å²) in [7, 11) is 0. The lowest BCUT2D eigenvalue weighted by atomic mass is 10.1. The summed E-state index contributed by atoms with van der Waals surface area (Å²) in [6, 6.07) is 5.43. The number of halogens is 1. The van der Waals surface area contributed by atoms with Gasteiger partial charge in [0.2, 0.25) is 0 Å². The van der Waals surface area contributed by atoms with Crippen LogP contribution >= 0.6 is 0 Å². The minimum Gasteiger partial charge on any atom is -0.389 e. The van der Waals surface area contributed by atoms with Crippen LogP contribution in [-0.2, 0) is 13.1 Å². The monoisotopic (exact) mass is 295 g/mol. The Kier molecular flexibility index (Phi) is 5.32. The van der Waals surface area contributed by atoms with Crippen LogP contribution in [0.3, 0.4) is 0 Å². The summed E-state index contributed by atoms with van der Waals surface area (Å²) in [4.78, 5) is 4.50. The zero-order valence-corrected chi connectivity index (χ0v) is 13.0. The number of hydrogen-bond donors (Lipinski definition) is 2. The number of nitrogens with zero attached hydrogens (tertiary/aromatic N) is 2. The van der Waals surface area contributed by atoms with Gasteiger partial charge >= 0.3 is 0 Å². The number of aliphatic hydroxyl groups is 1. The highest BCUT2D eigenvalue weighted by molar-refractivity contribution is 5.25. The van der Waals surface area contributed by atoms with Crippen molar-refractivity contribution in [3.05, 3.63) is 35.1 Å². The lowest BCUT2D eigenvalue weighted by Crippen LogP contribution is -2.50. The lowest BCUT2D eigenvalue weighted by molar-refractivity contribution is 0.0165. The van der Waals surface area contributed by atoms with Gasteiger partial charge in [-0.05, 0) is 13.8 Å². The van der Waals surface area contributed by atoms with E-state index in [1.54, 1.807) is 6.07 Å². The normalized spacial score (nSPS) is 18.1. The van der Waals surface area contributed by atoms with Crippen LogP contribution in [-0.4, -0.2) is 53.2 Å². The first-order valence-corrected chi connectivity index (χ1v) is 7.52. The topological polar surface area (TPSA) is 52.7 Å². The van der Waals surface area contributed by atoms with Crippen molar-refractivity contribution < 1.29 is 9.50 Å². The quantitative estimate of drug-likeness (QED) is 0.856. The average Bonchev–Trinajstić information content (AvgIpc) is 2.42. The molecule has 21 heavy (non-hydrogen) atoms. The first-order valence-electron chi connectivity index (χ1n) is 7.52. The summed E-state index contributed by atoms with van der Waals surface area (Å²) in [6.07, 6.45) is 0. The number of hydrogen-bond acceptors (Lipinski definition) is 4. The van der Waals surface area contributed by atoms with Gasteiger partial charge in [0.1, 0.15) is 5.82 Å². The fourth-order valence-corrected chi connectivity index (χ4v) is 2.81. The Labute approximate surface area is 126 Å². The van der Waals surface area contributed by atoms with Crippen molar-refractivity contribution in [2.24, 2.45) is 5.73 Å². The van der Waals surface area contributed by atoms with E-state index in [1.807, 2.05) is 26.0 Å². The Balaban J connectivity index is 1.89. The SMILES string of the molecule is CC(C)(O)CN1CCN(Cc2cccc(CN)c2F)CC1. The largest absolute Gasteiger partial charge is 0.389 e. The van der Waals surface area contributed by atoms with E-state index in [0.29, 0.717) is 24.2 Å². The lowest BCUT2D eigenvalue weighted by Gasteiger charge is -2.37. The van der Waals surface area contributed by atoms with E-state index in [4.69, 9.17) is 5.73 Å². The average molecular weight is 295 g/mol. The Morgan fingerprint density at radius 2 is 1.71 bits per heavy atom. The molecule has 4 nitrogen and oxygen atoms in total. The van der Waals surface area contributed by atoms with Gasteiger partial charge in [-0.15, -0.1) is 0 Å². The fourth-order valence-electron chi connectivity index (χ4n) is 2.81. The first-order chi connectivity index (χ1) is 9.89. The molecule has 0 unspecified atom stereocenters. The number of benzene rings is 1. The van der Waals surface area contributed by atoms with Crippen molar-refractivity contribution in [1.82, 2.24) is 9.80 Å². The number of β-amino-alcohol motifs (C(OH)–C–C–N with tert-alkyl or cyclic N) is 1. The zero-order chi connectivity index (χ0) is 15.5. The molecule has 0 radical (unpaired) electrons. The summed E-state index contributed by atoms with van der Waals surface area (Å²) in [5.41, 5.74) is 6.18. The molecule has 0 bridgehead atoms. The zero-order valence-electron chi connectivity index (χ0n) is 13.0. The Hall–Kier alpha value is -1.01. The van der Waals surface area contributed by atoms with Crippen LogP contribution in [0.2, 0.25) is 0 Å². The van der Waals surface area contributed by atoms with Crippen LogP contribution in [0.1, 0.15) is 25.0 Å². The maximum absolute atomic E-state index is 14.2. The molecule has 0 saturated carbocycles. The van der Waals surface area contributed by atoms with E-state index in [2.05, 4.69) is 9.80 Å². The summed E-state index contributed by atoms with van der Waals surface area (Å²) < 4.78 is 14.2. The second-order valence-corrected chi connectivity index (χ2v) is 6.46. The van der Waals surface area contributed by atoms with Crippen molar-refractivity contribution in [3.63, 3.8) is 0 Å². The van der Waals surface area contributed by atoms with Crippen LogP contribution in [0, 0.1) is 5.82 Å². The molecular formula is C16H26FN3O. The van der Waals surface area contributed by atoms with Crippen LogP contribution < -0.4 is 5.73 Å². The molecule has 0 spiro atoms. The molecule has 0 aromatic heterocycles. The van der Waals surface area contributed by atoms with Crippen molar-refractivity contribution in [1.29, 1.82) is 0 Å². The molecule has 3 N–H and O–H groups in total. The van der Waals surface area contributed by atoms with Crippen molar-refractivity contribution in [2.75, 3.05) is 32.7 Å². The van der Waals surface area contributed by atoms with E-state index < -0.39 is 5.60 Å². The highest BCUT2D eigenvalue weighted by atomic mass is 19.1. The predicted octanol–water partition coefficient (Wildman–Crippen LogP) is 1.17. The fraction of sp³-hybridized carbons (Fsp3) is 0.625. The minimum absolute atomic E-state index is 0.168.